The van der Waals surface area contributed by atoms with Crippen molar-refractivity contribution in [3.05, 3.63) is 12.2 Å². The van der Waals surface area contributed by atoms with E-state index in [-0.39, 0.29) is 0 Å². The SMILES string of the molecule is C[N+](C)(C)C1[C]=CCCC1. The van der Waals surface area contributed by atoms with Crippen LogP contribution in [0.3, 0.4) is 0 Å². The summed E-state index contributed by atoms with van der Waals surface area (Å²) in [5.41, 5.74) is 0. The average Bonchev–Trinajstić information content (AvgIpc) is 1.88. The molecule has 1 radical (unpaired) electrons. The highest BCUT2D eigenvalue weighted by Crippen LogP contribution is 2.16. The zero-order valence-corrected chi connectivity index (χ0v) is 7.22. The molecule has 0 aromatic heterocycles. The number of quaternary nitrogens is 1. The minimum atomic E-state index is 0.633. The van der Waals surface area contributed by atoms with Crippen LogP contribution >= 0.6 is 0 Å². The van der Waals surface area contributed by atoms with Crippen LogP contribution in [0.4, 0.5) is 0 Å². The number of likely N-dealkylation sites (N-methyl/N-ethyl adjacent to an activating group) is 1. The molecule has 1 aliphatic rings. The fraction of sp³-hybridized carbons (Fsp3) is 0.778. The van der Waals surface area contributed by atoms with Crippen LogP contribution in [-0.2, 0) is 0 Å². The van der Waals surface area contributed by atoms with Gasteiger partial charge in [-0.2, -0.15) is 0 Å². The average molecular weight is 139 g/mol. The first-order chi connectivity index (χ1) is 4.61. The quantitative estimate of drug-likeness (QED) is 0.484. The standard InChI is InChI=1S/C9H17N/c1-10(2,3)9-7-5-4-6-8-9/h5,9H,4,6,8H2,1-3H3/q+1. The molecule has 0 aromatic carbocycles. The van der Waals surface area contributed by atoms with Crippen molar-refractivity contribution in [3.63, 3.8) is 0 Å². The molecular formula is C9H17N+. The highest BCUT2D eigenvalue weighted by atomic mass is 15.3. The van der Waals surface area contributed by atoms with Crippen LogP contribution in [0.25, 0.3) is 0 Å². The Hall–Kier alpha value is -0.300. The van der Waals surface area contributed by atoms with E-state index in [4.69, 9.17) is 0 Å². The lowest BCUT2D eigenvalue weighted by Gasteiger charge is -2.33. The fourth-order valence-corrected chi connectivity index (χ4v) is 1.33. The molecule has 0 saturated carbocycles. The first kappa shape index (κ1) is 7.80. The van der Waals surface area contributed by atoms with Gasteiger partial charge in [0.05, 0.1) is 21.1 Å². The molecule has 1 unspecified atom stereocenters. The molecule has 0 amide bonds. The molecule has 0 aliphatic heterocycles. The Morgan fingerprint density at radius 1 is 1.40 bits per heavy atom. The van der Waals surface area contributed by atoms with E-state index in [9.17, 15) is 0 Å². The molecule has 0 fully saturated rings. The van der Waals surface area contributed by atoms with Gasteiger partial charge in [-0.1, -0.05) is 6.08 Å². The van der Waals surface area contributed by atoms with Gasteiger partial charge in [-0.3, -0.25) is 0 Å². The van der Waals surface area contributed by atoms with Crippen LogP contribution < -0.4 is 0 Å². The Labute approximate surface area is 63.9 Å². The van der Waals surface area contributed by atoms with E-state index in [1.54, 1.807) is 0 Å². The van der Waals surface area contributed by atoms with Gasteiger partial charge in [0.25, 0.3) is 0 Å². The summed E-state index contributed by atoms with van der Waals surface area (Å²) in [7, 11) is 6.70. The van der Waals surface area contributed by atoms with Crippen molar-refractivity contribution in [2.45, 2.75) is 25.3 Å². The maximum atomic E-state index is 3.41. The molecule has 1 aliphatic carbocycles. The topological polar surface area (TPSA) is 0 Å². The minimum absolute atomic E-state index is 0.633. The Kier molecular flexibility index (Phi) is 2.14. The molecule has 57 valence electrons. The predicted octanol–water partition coefficient (Wildman–Crippen LogP) is 1.60. The van der Waals surface area contributed by atoms with Gasteiger partial charge in [0, 0.05) is 12.5 Å². The van der Waals surface area contributed by atoms with Crippen molar-refractivity contribution >= 4 is 0 Å². The highest BCUT2D eigenvalue weighted by Gasteiger charge is 2.21. The molecule has 0 spiro atoms. The molecule has 1 atom stereocenters. The van der Waals surface area contributed by atoms with Crippen LogP contribution in [0.5, 0.6) is 0 Å². The molecule has 1 heteroatoms. The smallest absolute Gasteiger partial charge is 0.114 e. The summed E-state index contributed by atoms with van der Waals surface area (Å²) in [4.78, 5) is 0. The van der Waals surface area contributed by atoms with Gasteiger partial charge >= 0.3 is 0 Å². The molecule has 0 N–H and O–H groups in total. The monoisotopic (exact) mass is 139 g/mol. The number of nitrogens with zero attached hydrogens (tertiary/aromatic N) is 1. The molecule has 1 rings (SSSR count). The first-order valence-corrected chi connectivity index (χ1v) is 3.99. The highest BCUT2D eigenvalue weighted by molar-refractivity contribution is 4.86. The lowest BCUT2D eigenvalue weighted by atomic mass is 10.0. The molecule has 0 heterocycles. The van der Waals surface area contributed by atoms with Crippen molar-refractivity contribution < 1.29 is 4.48 Å². The lowest BCUT2D eigenvalue weighted by Crippen LogP contribution is -2.44. The Balaban J connectivity index is 2.55. The van der Waals surface area contributed by atoms with Crippen molar-refractivity contribution in [1.82, 2.24) is 0 Å². The van der Waals surface area contributed by atoms with Crippen LogP contribution in [0.2, 0.25) is 0 Å². The van der Waals surface area contributed by atoms with Crippen LogP contribution in [0, 0.1) is 6.08 Å². The van der Waals surface area contributed by atoms with E-state index < -0.39 is 0 Å². The third-order valence-corrected chi connectivity index (χ3v) is 2.07. The van der Waals surface area contributed by atoms with Crippen molar-refractivity contribution in [3.8, 4) is 0 Å². The summed E-state index contributed by atoms with van der Waals surface area (Å²) in [5.74, 6) is 0. The van der Waals surface area contributed by atoms with Crippen LogP contribution in [0.1, 0.15) is 19.3 Å². The number of rotatable bonds is 1. The maximum Gasteiger partial charge on any atom is 0.114 e. The third kappa shape index (κ3) is 1.84. The number of allylic oxidation sites excluding steroid dienone is 1. The van der Waals surface area contributed by atoms with Gasteiger partial charge in [0.15, 0.2) is 0 Å². The zero-order chi connectivity index (χ0) is 7.61. The summed E-state index contributed by atoms with van der Waals surface area (Å²) in [5, 5.41) is 0. The molecule has 0 bridgehead atoms. The minimum Gasteiger partial charge on any atom is -0.325 e. The van der Waals surface area contributed by atoms with E-state index in [0.717, 1.165) is 4.48 Å². The fourth-order valence-electron chi connectivity index (χ4n) is 1.33. The molecule has 0 aromatic rings. The van der Waals surface area contributed by atoms with E-state index in [0.29, 0.717) is 6.04 Å². The normalized spacial score (nSPS) is 26.9. The van der Waals surface area contributed by atoms with Gasteiger partial charge in [-0.05, 0) is 12.8 Å². The van der Waals surface area contributed by atoms with E-state index >= 15 is 0 Å². The van der Waals surface area contributed by atoms with Crippen molar-refractivity contribution in [2.24, 2.45) is 0 Å². The number of hydrogen-bond donors (Lipinski definition) is 0. The number of hydrogen-bond acceptors (Lipinski definition) is 0. The van der Waals surface area contributed by atoms with Gasteiger partial charge in [0.1, 0.15) is 6.04 Å². The summed E-state index contributed by atoms with van der Waals surface area (Å²) in [6.45, 7) is 0. The van der Waals surface area contributed by atoms with Gasteiger partial charge < -0.3 is 4.48 Å². The summed E-state index contributed by atoms with van der Waals surface area (Å²) in [6.07, 6.45) is 9.48. The second kappa shape index (κ2) is 2.75. The third-order valence-electron chi connectivity index (χ3n) is 2.07. The van der Waals surface area contributed by atoms with Crippen molar-refractivity contribution in [2.75, 3.05) is 21.1 Å². The van der Waals surface area contributed by atoms with E-state index in [2.05, 4.69) is 33.3 Å². The van der Waals surface area contributed by atoms with Crippen LogP contribution in [-0.4, -0.2) is 31.7 Å². The van der Waals surface area contributed by atoms with Crippen LogP contribution in [0.15, 0.2) is 6.08 Å². The maximum absolute atomic E-state index is 3.41. The largest absolute Gasteiger partial charge is 0.325 e. The second-order valence-corrected chi connectivity index (χ2v) is 3.93. The van der Waals surface area contributed by atoms with Gasteiger partial charge in [-0.15, -0.1) is 0 Å². The first-order valence-electron chi connectivity index (χ1n) is 3.99. The van der Waals surface area contributed by atoms with E-state index in [1.807, 2.05) is 0 Å². The summed E-state index contributed by atoms with van der Waals surface area (Å²) in [6, 6.07) is 0.633. The Bertz CT molecular complexity index is 130. The second-order valence-electron chi connectivity index (χ2n) is 3.93. The van der Waals surface area contributed by atoms with E-state index in [1.165, 1.54) is 19.3 Å². The molecular weight excluding hydrogens is 122 g/mol. The lowest BCUT2D eigenvalue weighted by molar-refractivity contribution is -0.890. The summed E-state index contributed by atoms with van der Waals surface area (Å²) < 4.78 is 1.02. The Morgan fingerprint density at radius 2 is 2.10 bits per heavy atom. The molecule has 0 saturated heterocycles. The molecule has 1 nitrogen and oxygen atoms in total. The van der Waals surface area contributed by atoms with Gasteiger partial charge in [0.2, 0.25) is 0 Å². The van der Waals surface area contributed by atoms with Gasteiger partial charge in [-0.25, -0.2) is 0 Å². The zero-order valence-electron chi connectivity index (χ0n) is 7.22. The predicted molar refractivity (Wildman–Crippen MR) is 43.5 cm³/mol. The molecule has 10 heavy (non-hydrogen) atoms. The van der Waals surface area contributed by atoms with Crippen molar-refractivity contribution in [1.29, 1.82) is 0 Å². The Morgan fingerprint density at radius 3 is 2.40 bits per heavy atom. The summed E-state index contributed by atoms with van der Waals surface area (Å²) >= 11 is 0.